The third-order valence-electron chi connectivity index (χ3n) is 3.57. The molecule has 5 nitrogen and oxygen atoms in total. The molecule has 2 amide bonds. The van der Waals surface area contributed by atoms with Crippen LogP contribution in [0.5, 0.6) is 5.75 Å². The van der Waals surface area contributed by atoms with Gasteiger partial charge in [-0.25, -0.2) is 4.79 Å². The summed E-state index contributed by atoms with van der Waals surface area (Å²) < 4.78 is 5.20. The third kappa shape index (κ3) is 4.72. The van der Waals surface area contributed by atoms with E-state index >= 15 is 0 Å². The van der Waals surface area contributed by atoms with Crippen molar-refractivity contribution >= 4 is 11.7 Å². The Hall–Kier alpha value is -2.53. The van der Waals surface area contributed by atoms with Crippen molar-refractivity contribution in [2.75, 3.05) is 19.0 Å². The maximum atomic E-state index is 11.9. The molecule has 23 heavy (non-hydrogen) atoms. The molecule has 1 unspecified atom stereocenters. The summed E-state index contributed by atoms with van der Waals surface area (Å²) in [5, 5.41) is 15.6. The van der Waals surface area contributed by atoms with Crippen LogP contribution in [0, 0.1) is 0 Å². The Morgan fingerprint density at radius 2 is 1.87 bits per heavy atom. The Bertz CT molecular complexity index is 641. The topological polar surface area (TPSA) is 70.6 Å². The zero-order chi connectivity index (χ0) is 16.7. The molecule has 0 spiro atoms. The van der Waals surface area contributed by atoms with Crippen LogP contribution >= 0.6 is 0 Å². The molecule has 0 fully saturated rings. The molecular formula is C18H22N2O3. The van der Waals surface area contributed by atoms with Gasteiger partial charge in [-0.3, -0.25) is 0 Å². The predicted molar refractivity (Wildman–Crippen MR) is 90.8 cm³/mol. The van der Waals surface area contributed by atoms with Gasteiger partial charge in [-0.2, -0.15) is 0 Å². The summed E-state index contributed by atoms with van der Waals surface area (Å²) in [6.07, 6.45) is 0.122. The summed E-state index contributed by atoms with van der Waals surface area (Å²) in [7, 11) is 1.55. The van der Waals surface area contributed by atoms with Gasteiger partial charge >= 0.3 is 6.03 Å². The van der Waals surface area contributed by atoms with Gasteiger partial charge in [0.2, 0.25) is 0 Å². The zero-order valence-corrected chi connectivity index (χ0v) is 13.4. The van der Waals surface area contributed by atoms with Crippen LogP contribution in [0.2, 0.25) is 0 Å². The minimum Gasteiger partial charge on any atom is -0.496 e. The minimum absolute atomic E-state index is 0.0965. The number of aliphatic hydroxyl groups excluding tert-OH is 1. The van der Waals surface area contributed by atoms with Gasteiger partial charge in [-0.1, -0.05) is 37.3 Å². The minimum atomic E-state index is -0.834. The van der Waals surface area contributed by atoms with Gasteiger partial charge in [0.15, 0.2) is 0 Å². The number of aliphatic hydroxyl groups is 1. The van der Waals surface area contributed by atoms with Gasteiger partial charge in [-0.05, 0) is 30.2 Å². The quantitative estimate of drug-likeness (QED) is 0.767. The molecule has 3 N–H and O–H groups in total. The lowest BCUT2D eigenvalue weighted by Crippen LogP contribution is -2.32. The van der Waals surface area contributed by atoms with Gasteiger partial charge in [0.1, 0.15) is 5.75 Å². The van der Waals surface area contributed by atoms with E-state index in [0.717, 1.165) is 6.42 Å². The van der Waals surface area contributed by atoms with E-state index in [0.29, 0.717) is 17.0 Å². The van der Waals surface area contributed by atoms with E-state index in [1.54, 1.807) is 19.2 Å². The Morgan fingerprint density at radius 3 is 2.52 bits per heavy atom. The second-order valence-corrected chi connectivity index (χ2v) is 5.14. The molecule has 0 aromatic heterocycles. The van der Waals surface area contributed by atoms with Gasteiger partial charge in [-0.15, -0.1) is 0 Å². The number of rotatable bonds is 6. The van der Waals surface area contributed by atoms with Crippen molar-refractivity contribution in [3.63, 3.8) is 0 Å². The molecule has 122 valence electrons. The van der Waals surface area contributed by atoms with Crippen LogP contribution in [-0.4, -0.2) is 24.8 Å². The Kier molecular flexibility index (Phi) is 6.00. The number of benzene rings is 2. The molecular weight excluding hydrogens is 292 g/mol. The Morgan fingerprint density at radius 1 is 1.17 bits per heavy atom. The number of anilines is 1. The van der Waals surface area contributed by atoms with Crippen LogP contribution in [0.15, 0.2) is 48.5 Å². The van der Waals surface area contributed by atoms with Crippen LogP contribution in [0.25, 0.3) is 0 Å². The SMILES string of the molecule is CCc1ccc(NC(=O)NCC(O)c2ccccc2OC)cc1. The number of urea groups is 1. The fourth-order valence-corrected chi connectivity index (χ4v) is 2.24. The second-order valence-electron chi connectivity index (χ2n) is 5.14. The highest BCUT2D eigenvalue weighted by Crippen LogP contribution is 2.24. The third-order valence-corrected chi connectivity index (χ3v) is 3.57. The maximum Gasteiger partial charge on any atom is 0.319 e. The lowest BCUT2D eigenvalue weighted by Gasteiger charge is -2.15. The summed E-state index contributed by atoms with van der Waals surface area (Å²) in [5.74, 6) is 0.595. The van der Waals surface area contributed by atoms with E-state index in [4.69, 9.17) is 4.74 Å². The fourth-order valence-electron chi connectivity index (χ4n) is 2.24. The summed E-state index contributed by atoms with van der Waals surface area (Å²) in [6.45, 7) is 2.17. The van der Waals surface area contributed by atoms with Crippen molar-refractivity contribution in [2.45, 2.75) is 19.4 Å². The standard InChI is InChI=1S/C18H22N2O3/c1-3-13-8-10-14(11-9-13)20-18(22)19-12-16(21)15-6-4-5-7-17(15)23-2/h4-11,16,21H,3,12H2,1-2H3,(H2,19,20,22). The van der Waals surface area contributed by atoms with Crippen LogP contribution in [0.3, 0.4) is 0 Å². The van der Waals surface area contributed by atoms with Gasteiger partial charge < -0.3 is 20.5 Å². The van der Waals surface area contributed by atoms with Crippen molar-refractivity contribution in [3.8, 4) is 5.75 Å². The molecule has 2 aromatic rings. The highest BCUT2D eigenvalue weighted by Gasteiger charge is 2.13. The number of amides is 2. The number of para-hydroxylation sites is 1. The van der Waals surface area contributed by atoms with Crippen LogP contribution in [0.4, 0.5) is 10.5 Å². The first kappa shape index (κ1) is 16.8. The number of aryl methyl sites for hydroxylation is 1. The first-order chi connectivity index (χ1) is 11.1. The number of hydrogen-bond acceptors (Lipinski definition) is 3. The lowest BCUT2D eigenvalue weighted by atomic mass is 10.1. The largest absolute Gasteiger partial charge is 0.496 e. The van der Waals surface area contributed by atoms with Gasteiger partial charge in [0.05, 0.1) is 13.2 Å². The first-order valence-electron chi connectivity index (χ1n) is 7.58. The fraction of sp³-hybridized carbons (Fsp3) is 0.278. The highest BCUT2D eigenvalue weighted by atomic mass is 16.5. The monoisotopic (exact) mass is 314 g/mol. The van der Waals surface area contributed by atoms with E-state index in [1.807, 2.05) is 36.4 Å². The number of hydrogen-bond donors (Lipinski definition) is 3. The van der Waals surface area contributed by atoms with E-state index in [9.17, 15) is 9.90 Å². The number of carbonyl (C=O) groups excluding carboxylic acids is 1. The second kappa shape index (κ2) is 8.19. The average molecular weight is 314 g/mol. The molecule has 0 radical (unpaired) electrons. The molecule has 2 aromatic carbocycles. The number of carbonyl (C=O) groups is 1. The van der Waals surface area contributed by atoms with Crippen molar-refractivity contribution in [3.05, 3.63) is 59.7 Å². The molecule has 0 aliphatic carbocycles. The molecule has 0 aliphatic heterocycles. The molecule has 5 heteroatoms. The normalized spacial score (nSPS) is 11.6. The molecule has 0 saturated carbocycles. The molecule has 0 bridgehead atoms. The molecule has 0 saturated heterocycles. The van der Waals surface area contributed by atoms with Crippen LogP contribution < -0.4 is 15.4 Å². The first-order valence-corrected chi connectivity index (χ1v) is 7.58. The smallest absolute Gasteiger partial charge is 0.319 e. The highest BCUT2D eigenvalue weighted by molar-refractivity contribution is 5.89. The van der Waals surface area contributed by atoms with Crippen molar-refractivity contribution < 1.29 is 14.6 Å². The van der Waals surface area contributed by atoms with Gasteiger partial charge in [0.25, 0.3) is 0 Å². The lowest BCUT2D eigenvalue weighted by molar-refractivity contribution is 0.171. The van der Waals surface area contributed by atoms with Crippen molar-refractivity contribution in [2.24, 2.45) is 0 Å². The summed E-state index contributed by atoms with van der Waals surface area (Å²) in [5.41, 5.74) is 2.57. The van der Waals surface area contributed by atoms with E-state index < -0.39 is 6.10 Å². The van der Waals surface area contributed by atoms with Crippen LogP contribution in [0.1, 0.15) is 24.2 Å². The van der Waals surface area contributed by atoms with E-state index in [1.165, 1.54) is 5.56 Å². The summed E-state index contributed by atoms with van der Waals surface area (Å²) in [6, 6.07) is 14.5. The Labute approximate surface area is 136 Å². The van der Waals surface area contributed by atoms with E-state index in [2.05, 4.69) is 17.6 Å². The zero-order valence-electron chi connectivity index (χ0n) is 13.4. The average Bonchev–Trinajstić information content (AvgIpc) is 2.60. The molecule has 0 aliphatic rings. The number of ether oxygens (including phenoxy) is 1. The number of methoxy groups -OCH3 is 1. The summed E-state index contributed by atoms with van der Waals surface area (Å²) in [4.78, 5) is 11.9. The van der Waals surface area contributed by atoms with E-state index in [-0.39, 0.29) is 12.6 Å². The predicted octanol–water partition coefficient (Wildman–Crippen LogP) is 3.11. The van der Waals surface area contributed by atoms with Crippen molar-refractivity contribution in [1.29, 1.82) is 0 Å². The number of nitrogens with one attached hydrogen (secondary N) is 2. The molecule has 1 atom stereocenters. The molecule has 2 rings (SSSR count). The molecule has 0 heterocycles. The van der Waals surface area contributed by atoms with Crippen LogP contribution in [-0.2, 0) is 6.42 Å². The van der Waals surface area contributed by atoms with Crippen molar-refractivity contribution in [1.82, 2.24) is 5.32 Å². The maximum absolute atomic E-state index is 11.9. The Balaban J connectivity index is 1.88. The summed E-state index contributed by atoms with van der Waals surface area (Å²) >= 11 is 0. The van der Waals surface area contributed by atoms with Gasteiger partial charge in [0, 0.05) is 17.8 Å².